The van der Waals surface area contributed by atoms with Gasteiger partial charge in [-0.05, 0) is 49.2 Å². The summed E-state index contributed by atoms with van der Waals surface area (Å²) in [5.74, 6) is -0.598. The molecule has 5 nitrogen and oxygen atoms in total. The number of carbonyl (C=O) groups is 1. The van der Waals surface area contributed by atoms with Gasteiger partial charge in [0.1, 0.15) is 17.4 Å². The highest BCUT2D eigenvalue weighted by Gasteiger charge is 2.23. The van der Waals surface area contributed by atoms with E-state index < -0.39 is 11.6 Å². The normalized spacial score (nSPS) is 14.3. The van der Waals surface area contributed by atoms with E-state index in [4.69, 9.17) is 4.74 Å². The lowest BCUT2D eigenvalue weighted by atomic mass is 10.1. The molecular weight excluding hydrogens is 352 g/mol. The monoisotopic (exact) mass is 375 g/mol. The molecule has 0 spiro atoms. The van der Waals surface area contributed by atoms with E-state index in [2.05, 4.69) is 5.32 Å². The SMILES string of the molecule is COc1cc(C)c(C)cc1NC(=O)N1CCN(c2cc(F)cc(F)c2)CC1. The number of hydrogen-bond acceptors (Lipinski definition) is 3. The maximum Gasteiger partial charge on any atom is 0.322 e. The number of benzene rings is 2. The number of amides is 2. The Bertz CT molecular complexity index is 829. The van der Waals surface area contributed by atoms with Gasteiger partial charge >= 0.3 is 6.03 Å². The molecule has 0 unspecified atom stereocenters. The number of halogens is 2. The van der Waals surface area contributed by atoms with Gasteiger partial charge in [0, 0.05) is 37.9 Å². The van der Waals surface area contributed by atoms with Crippen molar-refractivity contribution in [3.8, 4) is 5.75 Å². The zero-order valence-corrected chi connectivity index (χ0v) is 15.7. The molecule has 144 valence electrons. The topological polar surface area (TPSA) is 44.8 Å². The summed E-state index contributed by atoms with van der Waals surface area (Å²) in [6.07, 6.45) is 0. The fraction of sp³-hybridized carbons (Fsp3) is 0.350. The molecular formula is C20H23F2N3O2. The second-order valence-corrected chi connectivity index (χ2v) is 6.67. The first-order valence-corrected chi connectivity index (χ1v) is 8.79. The first-order valence-electron chi connectivity index (χ1n) is 8.79. The van der Waals surface area contributed by atoms with Crippen LogP contribution in [0.15, 0.2) is 30.3 Å². The van der Waals surface area contributed by atoms with Crippen LogP contribution in [0, 0.1) is 25.5 Å². The average Bonchev–Trinajstić information content (AvgIpc) is 2.63. The standard InChI is InChI=1S/C20H23F2N3O2/c1-13-8-18(19(27-3)9-14(13)2)23-20(26)25-6-4-24(5-7-25)17-11-15(21)10-16(22)12-17/h8-12H,4-7H2,1-3H3,(H,23,26). The quantitative estimate of drug-likeness (QED) is 0.884. The zero-order chi connectivity index (χ0) is 19.6. The maximum absolute atomic E-state index is 13.4. The third kappa shape index (κ3) is 4.30. The molecule has 27 heavy (non-hydrogen) atoms. The fourth-order valence-corrected chi connectivity index (χ4v) is 3.14. The van der Waals surface area contributed by atoms with Crippen LogP contribution in [0.2, 0.25) is 0 Å². The number of anilines is 2. The lowest BCUT2D eigenvalue weighted by Gasteiger charge is -2.36. The first-order chi connectivity index (χ1) is 12.9. The second kappa shape index (κ2) is 7.82. The Labute approximate surface area is 157 Å². The fourth-order valence-electron chi connectivity index (χ4n) is 3.14. The summed E-state index contributed by atoms with van der Waals surface area (Å²) < 4.78 is 32.2. The predicted molar refractivity (Wildman–Crippen MR) is 102 cm³/mol. The van der Waals surface area contributed by atoms with Gasteiger partial charge in [-0.3, -0.25) is 0 Å². The van der Waals surface area contributed by atoms with Crippen molar-refractivity contribution < 1.29 is 18.3 Å². The van der Waals surface area contributed by atoms with E-state index in [1.165, 1.54) is 12.1 Å². The van der Waals surface area contributed by atoms with E-state index in [0.717, 1.165) is 17.2 Å². The average molecular weight is 375 g/mol. The van der Waals surface area contributed by atoms with E-state index >= 15 is 0 Å². The third-order valence-electron chi connectivity index (χ3n) is 4.84. The molecule has 0 aromatic heterocycles. The smallest absolute Gasteiger partial charge is 0.322 e. The molecule has 1 aliphatic rings. The maximum atomic E-state index is 13.4. The minimum absolute atomic E-state index is 0.221. The van der Waals surface area contributed by atoms with Crippen LogP contribution in [0.5, 0.6) is 5.75 Å². The van der Waals surface area contributed by atoms with Crippen LogP contribution < -0.4 is 15.0 Å². The Morgan fingerprint density at radius 3 is 2.15 bits per heavy atom. The highest BCUT2D eigenvalue weighted by atomic mass is 19.1. The molecule has 3 rings (SSSR count). The number of ether oxygens (including phenoxy) is 1. The number of rotatable bonds is 3. The van der Waals surface area contributed by atoms with Crippen LogP contribution in [-0.2, 0) is 0 Å². The van der Waals surface area contributed by atoms with Crippen LogP contribution in [0.25, 0.3) is 0 Å². The van der Waals surface area contributed by atoms with Gasteiger partial charge in [-0.25, -0.2) is 13.6 Å². The largest absolute Gasteiger partial charge is 0.495 e. The van der Waals surface area contributed by atoms with Crippen molar-refractivity contribution in [1.29, 1.82) is 0 Å². The molecule has 2 amide bonds. The Hall–Kier alpha value is -2.83. The minimum atomic E-state index is -0.605. The van der Waals surface area contributed by atoms with Crippen molar-refractivity contribution in [3.63, 3.8) is 0 Å². The van der Waals surface area contributed by atoms with Crippen LogP contribution in [0.3, 0.4) is 0 Å². The molecule has 2 aromatic rings. The van der Waals surface area contributed by atoms with Crippen molar-refractivity contribution >= 4 is 17.4 Å². The minimum Gasteiger partial charge on any atom is -0.495 e. The molecule has 0 atom stereocenters. The Balaban J connectivity index is 1.64. The Morgan fingerprint density at radius 1 is 0.963 bits per heavy atom. The van der Waals surface area contributed by atoms with E-state index in [0.29, 0.717) is 43.3 Å². The molecule has 7 heteroatoms. The molecule has 1 aliphatic heterocycles. The summed E-state index contributed by atoms with van der Waals surface area (Å²) in [7, 11) is 1.57. The molecule has 1 fully saturated rings. The summed E-state index contributed by atoms with van der Waals surface area (Å²) in [6.45, 7) is 5.87. The van der Waals surface area contributed by atoms with Crippen molar-refractivity contribution in [2.24, 2.45) is 0 Å². The lowest BCUT2D eigenvalue weighted by molar-refractivity contribution is 0.208. The Kier molecular flexibility index (Phi) is 5.48. The summed E-state index contributed by atoms with van der Waals surface area (Å²) in [6, 6.07) is 7.02. The van der Waals surface area contributed by atoms with Crippen molar-refractivity contribution in [2.45, 2.75) is 13.8 Å². The number of piperazine rings is 1. The highest BCUT2D eigenvalue weighted by Crippen LogP contribution is 2.28. The van der Waals surface area contributed by atoms with Crippen molar-refractivity contribution in [1.82, 2.24) is 4.90 Å². The number of methoxy groups -OCH3 is 1. The van der Waals surface area contributed by atoms with E-state index in [1.54, 1.807) is 12.0 Å². The molecule has 0 radical (unpaired) electrons. The van der Waals surface area contributed by atoms with Crippen LogP contribution in [0.4, 0.5) is 25.0 Å². The molecule has 1 N–H and O–H groups in total. The predicted octanol–water partition coefficient (Wildman–Crippen LogP) is 3.94. The first kappa shape index (κ1) is 18.9. The summed E-state index contributed by atoms with van der Waals surface area (Å²) in [5, 5.41) is 2.90. The summed E-state index contributed by atoms with van der Waals surface area (Å²) in [4.78, 5) is 16.2. The van der Waals surface area contributed by atoms with Gasteiger partial charge in [0.2, 0.25) is 0 Å². The van der Waals surface area contributed by atoms with Crippen molar-refractivity contribution in [3.05, 3.63) is 53.1 Å². The highest BCUT2D eigenvalue weighted by molar-refractivity contribution is 5.91. The summed E-state index contributed by atoms with van der Waals surface area (Å²) in [5.41, 5.74) is 3.26. The number of nitrogens with one attached hydrogen (secondary N) is 1. The zero-order valence-electron chi connectivity index (χ0n) is 15.7. The number of hydrogen-bond donors (Lipinski definition) is 1. The van der Waals surface area contributed by atoms with Crippen LogP contribution in [0.1, 0.15) is 11.1 Å². The van der Waals surface area contributed by atoms with E-state index in [1.807, 2.05) is 30.9 Å². The van der Waals surface area contributed by atoms with Crippen molar-refractivity contribution in [2.75, 3.05) is 43.5 Å². The van der Waals surface area contributed by atoms with Crippen LogP contribution in [-0.4, -0.2) is 44.2 Å². The van der Waals surface area contributed by atoms with Gasteiger partial charge < -0.3 is 19.9 Å². The van der Waals surface area contributed by atoms with Crippen LogP contribution >= 0.6 is 0 Å². The number of urea groups is 1. The molecule has 1 heterocycles. The molecule has 2 aromatic carbocycles. The number of nitrogens with zero attached hydrogens (tertiary/aromatic N) is 2. The number of aryl methyl sites for hydroxylation is 2. The van der Waals surface area contributed by atoms with Gasteiger partial charge in [-0.15, -0.1) is 0 Å². The number of carbonyl (C=O) groups excluding carboxylic acids is 1. The molecule has 1 saturated heterocycles. The third-order valence-corrected chi connectivity index (χ3v) is 4.84. The van der Waals surface area contributed by atoms with Gasteiger partial charge in [0.05, 0.1) is 12.8 Å². The molecule has 0 saturated carbocycles. The van der Waals surface area contributed by atoms with E-state index in [9.17, 15) is 13.6 Å². The van der Waals surface area contributed by atoms with E-state index in [-0.39, 0.29) is 6.03 Å². The Morgan fingerprint density at radius 2 is 1.56 bits per heavy atom. The van der Waals surface area contributed by atoms with Gasteiger partial charge in [-0.1, -0.05) is 0 Å². The second-order valence-electron chi connectivity index (χ2n) is 6.67. The van der Waals surface area contributed by atoms with Gasteiger partial charge in [-0.2, -0.15) is 0 Å². The van der Waals surface area contributed by atoms with Gasteiger partial charge in [0.25, 0.3) is 0 Å². The molecule has 0 aliphatic carbocycles. The molecule has 0 bridgehead atoms. The van der Waals surface area contributed by atoms with Gasteiger partial charge in [0.15, 0.2) is 0 Å². The summed E-state index contributed by atoms with van der Waals surface area (Å²) >= 11 is 0. The lowest BCUT2D eigenvalue weighted by Crippen LogP contribution is -2.50.